The molecule has 0 N–H and O–H groups in total. The van der Waals surface area contributed by atoms with Gasteiger partial charge >= 0.3 is 0 Å². The summed E-state index contributed by atoms with van der Waals surface area (Å²) in [6.07, 6.45) is 2.81. The molecule has 3 aliphatic rings. The van der Waals surface area contributed by atoms with Crippen molar-refractivity contribution in [3.63, 3.8) is 0 Å². The summed E-state index contributed by atoms with van der Waals surface area (Å²) in [6.45, 7) is 13.0. The molecule has 0 aromatic heterocycles. The van der Waals surface area contributed by atoms with Gasteiger partial charge in [0.1, 0.15) is 0 Å². The van der Waals surface area contributed by atoms with E-state index in [0.29, 0.717) is 0 Å². The summed E-state index contributed by atoms with van der Waals surface area (Å²) < 4.78 is 0. The highest BCUT2D eigenvalue weighted by Gasteiger charge is 2.25. The van der Waals surface area contributed by atoms with E-state index in [4.69, 9.17) is 0 Å². The van der Waals surface area contributed by atoms with E-state index in [9.17, 15) is 0 Å². The van der Waals surface area contributed by atoms with Crippen LogP contribution in [0.4, 0.5) is 0 Å². The molecule has 104 valence electrons. The first-order valence-corrected chi connectivity index (χ1v) is 7.65. The second-order valence-corrected chi connectivity index (χ2v) is 6.42. The van der Waals surface area contributed by atoms with Crippen molar-refractivity contribution in [1.29, 1.82) is 0 Å². The summed E-state index contributed by atoms with van der Waals surface area (Å²) in [4.78, 5) is 10.3. The smallest absolute Gasteiger partial charge is 0.0508 e. The van der Waals surface area contributed by atoms with Gasteiger partial charge in [-0.15, -0.1) is 0 Å². The number of piperidine rings is 1. The second-order valence-electron chi connectivity index (χ2n) is 6.42. The SMILES string of the molecule is CN1CCC(CN2CCN(CN3CC3)CC2)CC1. The lowest BCUT2D eigenvalue weighted by atomic mass is 9.96. The normalized spacial score (nSPS) is 29.8. The van der Waals surface area contributed by atoms with E-state index in [1.54, 1.807) is 0 Å². The summed E-state index contributed by atoms with van der Waals surface area (Å²) in [5, 5.41) is 0. The Kier molecular flexibility index (Phi) is 4.19. The minimum Gasteiger partial charge on any atom is -0.306 e. The number of rotatable bonds is 4. The lowest BCUT2D eigenvalue weighted by Crippen LogP contribution is -2.49. The zero-order valence-electron chi connectivity index (χ0n) is 11.9. The zero-order valence-corrected chi connectivity index (χ0v) is 11.9. The van der Waals surface area contributed by atoms with Gasteiger partial charge in [0.25, 0.3) is 0 Å². The van der Waals surface area contributed by atoms with Crippen LogP contribution in [-0.2, 0) is 0 Å². The maximum atomic E-state index is 2.70. The molecule has 0 atom stereocenters. The Morgan fingerprint density at radius 2 is 1.22 bits per heavy atom. The molecule has 0 aliphatic carbocycles. The molecule has 3 aliphatic heterocycles. The van der Waals surface area contributed by atoms with Crippen LogP contribution in [0.3, 0.4) is 0 Å². The predicted octanol–water partition coefficient (Wildman–Crippen LogP) is 0.219. The van der Waals surface area contributed by atoms with Crippen molar-refractivity contribution in [3.8, 4) is 0 Å². The van der Waals surface area contributed by atoms with Gasteiger partial charge in [-0.1, -0.05) is 0 Å². The molecule has 4 heteroatoms. The van der Waals surface area contributed by atoms with Crippen LogP contribution in [0.15, 0.2) is 0 Å². The van der Waals surface area contributed by atoms with E-state index in [2.05, 4.69) is 26.6 Å². The van der Waals surface area contributed by atoms with Gasteiger partial charge in [0.2, 0.25) is 0 Å². The molecule has 4 nitrogen and oxygen atoms in total. The molecular formula is C14H28N4. The third-order valence-electron chi connectivity index (χ3n) is 4.76. The Morgan fingerprint density at radius 1 is 0.722 bits per heavy atom. The van der Waals surface area contributed by atoms with Crippen molar-refractivity contribution in [2.75, 3.05) is 72.6 Å². The quantitative estimate of drug-likeness (QED) is 0.664. The molecule has 0 unspecified atom stereocenters. The molecule has 3 saturated heterocycles. The summed E-state index contributed by atoms with van der Waals surface area (Å²) >= 11 is 0. The van der Waals surface area contributed by atoms with Gasteiger partial charge in [-0.25, -0.2) is 0 Å². The molecule has 0 spiro atoms. The highest BCUT2D eigenvalue weighted by atomic mass is 15.4. The average Bonchev–Trinajstić information content (AvgIpc) is 3.19. The topological polar surface area (TPSA) is 12.7 Å². The van der Waals surface area contributed by atoms with Crippen LogP contribution in [0.2, 0.25) is 0 Å². The van der Waals surface area contributed by atoms with E-state index in [1.165, 1.54) is 78.4 Å². The Balaban J connectivity index is 1.34. The van der Waals surface area contributed by atoms with Gasteiger partial charge in [0.15, 0.2) is 0 Å². The fourth-order valence-electron chi connectivity index (χ4n) is 3.22. The summed E-state index contributed by atoms with van der Waals surface area (Å²) in [5.74, 6) is 0.958. The van der Waals surface area contributed by atoms with Crippen molar-refractivity contribution < 1.29 is 0 Å². The molecule has 0 saturated carbocycles. The van der Waals surface area contributed by atoms with Crippen LogP contribution in [0.5, 0.6) is 0 Å². The van der Waals surface area contributed by atoms with Crippen molar-refractivity contribution in [2.45, 2.75) is 12.8 Å². The van der Waals surface area contributed by atoms with E-state index in [1.807, 2.05) is 0 Å². The van der Waals surface area contributed by atoms with Crippen LogP contribution in [0.1, 0.15) is 12.8 Å². The summed E-state index contributed by atoms with van der Waals surface area (Å²) in [6, 6.07) is 0. The number of nitrogens with zero attached hydrogens (tertiary/aromatic N) is 4. The standard InChI is InChI=1S/C14H28N4/c1-15-4-2-14(3-5-15)12-16-6-8-17(9-7-16)13-18-10-11-18/h14H,2-13H2,1H3. The van der Waals surface area contributed by atoms with Gasteiger partial charge < -0.3 is 9.80 Å². The lowest BCUT2D eigenvalue weighted by molar-refractivity contribution is 0.0855. The maximum Gasteiger partial charge on any atom is 0.0508 e. The molecule has 3 fully saturated rings. The van der Waals surface area contributed by atoms with Gasteiger partial charge in [-0.2, -0.15) is 0 Å². The molecule has 18 heavy (non-hydrogen) atoms. The van der Waals surface area contributed by atoms with Gasteiger partial charge in [0.05, 0.1) is 6.67 Å². The molecule has 0 bridgehead atoms. The summed E-state index contributed by atoms with van der Waals surface area (Å²) in [5.41, 5.74) is 0. The third-order valence-corrected chi connectivity index (χ3v) is 4.76. The first-order chi connectivity index (χ1) is 8.79. The average molecular weight is 252 g/mol. The van der Waals surface area contributed by atoms with E-state index >= 15 is 0 Å². The van der Waals surface area contributed by atoms with Crippen LogP contribution in [0.25, 0.3) is 0 Å². The van der Waals surface area contributed by atoms with E-state index < -0.39 is 0 Å². The molecule has 3 rings (SSSR count). The molecule has 0 radical (unpaired) electrons. The van der Waals surface area contributed by atoms with Crippen molar-refractivity contribution >= 4 is 0 Å². The molecular weight excluding hydrogens is 224 g/mol. The highest BCUT2D eigenvalue weighted by Crippen LogP contribution is 2.18. The minimum atomic E-state index is 0.958. The number of likely N-dealkylation sites (tertiary alicyclic amines) is 1. The maximum absolute atomic E-state index is 2.70. The van der Waals surface area contributed by atoms with Crippen LogP contribution < -0.4 is 0 Å². The Morgan fingerprint density at radius 3 is 1.78 bits per heavy atom. The third kappa shape index (κ3) is 3.67. The fourth-order valence-corrected chi connectivity index (χ4v) is 3.22. The number of hydrogen-bond donors (Lipinski definition) is 0. The van der Waals surface area contributed by atoms with E-state index in [-0.39, 0.29) is 0 Å². The Labute approximate surface area is 112 Å². The number of hydrogen-bond acceptors (Lipinski definition) is 4. The molecule has 0 amide bonds. The van der Waals surface area contributed by atoms with Crippen molar-refractivity contribution in [1.82, 2.24) is 19.6 Å². The molecule has 0 aromatic rings. The largest absolute Gasteiger partial charge is 0.306 e. The monoisotopic (exact) mass is 252 g/mol. The minimum absolute atomic E-state index is 0.958. The van der Waals surface area contributed by atoms with Gasteiger partial charge in [-0.05, 0) is 38.9 Å². The lowest BCUT2D eigenvalue weighted by Gasteiger charge is -2.38. The molecule has 0 aromatic carbocycles. The summed E-state index contributed by atoms with van der Waals surface area (Å²) in [7, 11) is 2.25. The van der Waals surface area contributed by atoms with Crippen molar-refractivity contribution in [3.05, 3.63) is 0 Å². The first kappa shape index (κ1) is 12.9. The van der Waals surface area contributed by atoms with Gasteiger partial charge in [-0.3, -0.25) is 9.80 Å². The number of piperazine rings is 1. The molecule has 3 heterocycles. The van der Waals surface area contributed by atoms with Crippen LogP contribution >= 0.6 is 0 Å². The fraction of sp³-hybridized carbons (Fsp3) is 1.00. The van der Waals surface area contributed by atoms with Crippen LogP contribution in [-0.4, -0.2) is 92.2 Å². The van der Waals surface area contributed by atoms with E-state index in [0.717, 1.165) is 5.92 Å². The van der Waals surface area contributed by atoms with Crippen LogP contribution in [0, 0.1) is 5.92 Å². The predicted molar refractivity (Wildman–Crippen MR) is 74.7 cm³/mol. The second kappa shape index (κ2) is 5.87. The van der Waals surface area contributed by atoms with Gasteiger partial charge in [0, 0.05) is 45.8 Å². The zero-order chi connectivity index (χ0) is 12.4. The first-order valence-electron chi connectivity index (χ1n) is 7.65. The van der Waals surface area contributed by atoms with Crippen molar-refractivity contribution in [2.24, 2.45) is 5.92 Å². The Hall–Kier alpha value is -0.160. The Bertz CT molecular complexity index is 251. The highest BCUT2D eigenvalue weighted by molar-refractivity contribution is 4.79.